The van der Waals surface area contributed by atoms with Gasteiger partial charge in [0.15, 0.2) is 0 Å². The molecule has 0 aromatic heterocycles. The molecule has 20 heavy (non-hydrogen) atoms. The van der Waals surface area contributed by atoms with Crippen LogP contribution in [0.15, 0.2) is 42.5 Å². The third-order valence-corrected chi connectivity index (χ3v) is 4.94. The zero-order valence-electron chi connectivity index (χ0n) is 11.8. The fourth-order valence-corrected chi connectivity index (χ4v) is 3.62. The van der Waals surface area contributed by atoms with Crippen molar-refractivity contribution >= 4 is 23.2 Å². The maximum absolute atomic E-state index is 6.20. The molecule has 0 bridgehead atoms. The molecule has 3 rings (SSSR count). The summed E-state index contributed by atoms with van der Waals surface area (Å²) in [5, 5.41) is 1.27. The van der Waals surface area contributed by atoms with Crippen LogP contribution in [0.2, 0.25) is 10.0 Å². The number of fused-ring (bicyclic) bond motifs is 1. The van der Waals surface area contributed by atoms with Crippen molar-refractivity contribution in [3.63, 3.8) is 0 Å². The molecule has 1 aliphatic rings. The van der Waals surface area contributed by atoms with Crippen molar-refractivity contribution in [2.24, 2.45) is 5.41 Å². The molecule has 2 aromatic rings. The average molecular weight is 305 g/mol. The number of halogens is 2. The highest BCUT2D eigenvalue weighted by molar-refractivity contribution is 6.42. The van der Waals surface area contributed by atoms with Gasteiger partial charge in [0.2, 0.25) is 0 Å². The molecule has 104 valence electrons. The molecule has 0 radical (unpaired) electrons. The second kappa shape index (κ2) is 5.09. The van der Waals surface area contributed by atoms with E-state index in [0.717, 1.165) is 12.8 Å². The quantitative estimate of drug-likeness (QED) is 0.597. The lowest BCUT2D eigenvalue weighted by Gasteiger charge is -2.37. The van der Waals surface area contributed by atoms with E-state index in [-0.39, 0.29) is 0 Å². The van der Waals surface area contributed by atoms with Crippen LogP contribution in [0.25, 0.3) is 0 Å². The summed E-state index contributed by atoms with van der Waals surface area (Å²) in [6, 6.07) is 14.8. The van der Waals surface area contributed by atoms with Gasteiger partial charge in [-0.3, -0.25) is 0 Å². The summed E-state index contributed by atoms with van der Waals surface area (Å²) >= 11 is 12.2. The lowest BCUT2D eigenvalue weighted by atomic mass is 9.67. The average Bonchev–Trinajstić information content (AvgIpc) is 2.40. The fourth-order valence-electron chi connectivity index (χ4n) is 3.31. The summed E-state index contributed by atoms with van der Waals surface area (Å²) in [6.45, 7) is 4.68. The maximum atomic E-state index is 6.20. The summed E-state index contributed by atoms with van der Waals surface area (Å²) in [4.78, 5) is 0. The third-order valence-electron chi connectivity index (χ3n) is 4.20. The minimum atomic E-state index is 0.311. The van der Waals surface area contributed by atoms with Crippen LogP contribution in [0, 0.1) is 5.41 Å². The molecule has 0 aliphatic heterocycles. The molecule has 1 aliphatic carbocycles. The summed E-state index contributed by atoms with van der Waals surface area (Å²) < 4.78 is 0. The topological polar surface area (TPSA) is 0 Å². The molecular formula is C18H18Cl2. The molecule has 0 spiro atoms. The highest BCUT2D eigenvalue weighted by Gasteiger charge is 2.32. The van der Waals surface area contributed by atoms with E-state index in [9.17, 15) is 0 Å². The molecule has 0 saturated heterocycles. The van der Waals surface area contributed by atoms with E-state index in [1.54, 1.807) is 0 Å². The van der Waals surface area contributed by atoms with Gasteiger partial charge < -0.3 is 0 Å². The van der Waals surface area contributed by atoms with E-state index in [1.165, 1.54) is 16.7 Å². The van der Waals surface area contributed by atoms with Crippen LogP contribution in [0.4, 0.5) is 0 Å². The van der Waals surface area contributed by atoms with Crippen LogP contribution in [-0.2, 0) is 6.42 Å². The van der Waals surface area contributed by atoms with Gasteiger partial charge in [0, 0.05) is 5.92 Å². The van der Waals surface area contributed by atoms with Gasteiger partial charge in [0.25, 0.3) is 0 Å². The molecule has 0 nitrogen and oxygen atoms in total. The van der Waals surface area contributed by atoms with E-state index < -0.39 is 0 Å². The Bertz CT molecular complexity index is 644. The predicted octanol–water partition coefficient (Wildman–Crippen LogP) is 6.10. The first kappa shape index (κ1) is 14.0. The first-order valence-corrected chi connectivity index (χ1v) is 7.75. The molecule has 0 heterocycles. The molecule has 0 saturated carbocycles. The van der Waals surface area contributed by atoms with Gasteiger partial charge in [0.05, 0.1) is 10.0 Å². The minimum Gasteiger partial charge on any atom is -0.0827 e. The molecule has 2 aromatic carbocycles. The van der Waals surface area contributed by atoms with Crippen LogP contribution >= 0.6 is 23.2 Å². The van der Waals surface area contributed by atoms with Crippen molar-refractivity contribution in [3.05, 3.63) is 69.2 Å². The van der Waals surface area contributed by atoms with E-state index in [4.69, 9.17) is 23.2 Å². The van der Waals surface area contributed by atoms with Crippen molar-refractivity contribution in [1.82, 2.24) is 0 Å². The zero-order chi connectivity index (χ0) is 14.3. The standard InChI is InChI=1S/C18H18Cl2/c1-18(2)10-13-5-3-4-6-14(13)15(11-18)12-7-8-16(19)17(20)9-12/h3-9,15H,10-11H2,1-2H3/t15-/m0/s1. The van der Waals surface area contributed by atoms with Crippen molar-refractivity contribution in [2.75, 3.05) is 0 Å². The zero-order valence-corrected chi connectivity index (χ0v) is 13.3. The van der Waals surface area contributed by atoms with Gasteiger partial charge in [-0.05, 0) is 47.1 Å². The van der Waals surface area contributed by atoms with Crippen molar-refractivity contribution in [3.8, 4) is 0 Å². The summed E-state index contributed by atoms with van der Waals surface area (Å²) in [6.07, 6.45) is 2.28. The highest BCUT2D eigenvalue weighted by atomic mass is 35.5. The Kier molecular flexibility index (Phi) is 3.56. The van der Waals surface area contributed by atoms with Crippen LogP contribution in [0.3, 0.4) is 0 Å². The SMILES string of the molecule is CC1(C)Cc2ccccc2[C@H](c2ccc(Cl)c(Cl)c2)C1. The summed E-state index contributed by atoms with van der Waals surface area (Å²) in [7, 11) is 0. The predicted molar refractivity (Wildman–Crippen MR) is 86.8 cm³/mol. The van der Waals surface area contributed by atoms with E-state index in [0.29, 0.717) is 21.4 Å². The normalized spacial score (nSPS) is 20.5. The van der Waals surface area contributed by atoms with Gasteiger partial charge in [-0.25, -0.2) is 0 Å². The molecule has 0 fully saturated rings. The lowest BCUT2D eigenvalue weighted by molar-refractivity contribution is 0.296. The van der Waals surface area contributed by atoms with Crippen molar-refractivity contribution in [1.29, 1.82) is 0 Å². The smallest absolute Gasteiger partial charge is 0.0595 e. The lowest BCUT2D eigenvalue weighted by Crippen LogP contribution is -2.26. The Balaban J connectivity index is 2.10. The molecule has 0 unspecified atom stereocenters. The van der Waals surface area contributed by atoms with Crippen molar-refractivity contribution < 1.29 is 0 Å². The largest absolute Gasteiger partial charge is 0.0827 e. The van der Waals surface area contributed by atoms with Crippen LogP contribution in [0.5, 0.6) is 0 Å². The van der Waals surface area contributed by atoms with Crippen LogP contribution in [-0.4, -0.2) is 0 Å². The number of rotatable bonds is 1. The fraction of sp³-hybridized carbons (Fsp3) is 0.333. The Morgan fingerprint density at radius 1 is 1.00 bits per heavy atom. The molecular weight excluding hydrogens is 287 g/mol. The van der Waals surface area contributed by atoms with Gasteiger partial charge >= 0.3 is 0 Å². The monoisotopic (exact) mass is 304 g/mol. The number of benzene rings is 2. The third kappa shape index (κ3) is 2.60. The molecule has 2 heteroatoms. The molecule has 0 N–H and O–H groups in total. The van der Waals surface area contributed by atoms with E-state index in [1.807, 2.05) is 12.1 Å². The van der Waals surface area contributed by atoms with Crippen LogP contribution in [0.1, 0.15) is 42.9 Å². The minimum absolute atomic E-state index is 0.311. The maximum Gasteiger partial charge on any atom is 0.0595 e. The summed E-state index contributed by atoms with van der Waals surface area (Å²) in [5.74, 6) is 0.407. The number of hydrogen-bond donors (Lipinski definition) is 0. The second-order valence-electron chi connectivity index (χ2n) is 6.47. The Morgan fingerprint density at radius 3 is 2.50 bits per heavy atom. The van der Waals surface area contributed by atoms with Crippen molar-refractivity contribution in [2.45, 2.75) is 32.6 Å². The molecule has 1 atom stereocenters. The van der Waals surface area contributed by atoms with E-state index in [2.05, 4.69) is 44.2 Å². The Hall–Kier alpha value is -0.980. The first-order chi connectivity index (χ1) is 9.46. The van der Waals surface area contributed by atoms with E-state index >= 15 is 0 Å². The van der Waals surface area contributed by atoms with Gasteiger partial charge in [-0.15, -0.1) is 0 Å². The summed E-state index contributed by atoms with van der Waals surface area (Å²) in [5.41, 5.74) is 4.47. The van der Waals surface area contributed by atoms with Gasteiger partial charge in [-0.2, -0.15) is 0 Å². The number of hydrogen-bond acceptors (Lipinski definition) is 0. The van der Waals surface area contributed by atoms with Gasteiger partial charge in [0.1, 0.15) is 0 Å². The Morgan fingerprint density at radius 2 is 1.75 bits per heavy atom. The van der Waals surface area contributed by atoms with Crippen LogP contribution < -0.4 is 0 Å². The van der Waals surface area contributed by atoms with Gasteiger partial charge in [-0.1, -0.05) is 67.4 Å². The first-order valence-electron chi connectivity index (χ1n) is 6.99. The highest BCUT2D eigenvalue weighted by Crippen LogP contribution is 2.45. The second-order valence-corrected chi connectivity index (χ2v) is 7.28. The Labute approximate surface area is 130 Å². The molecule has 0 amide bonds.